The van der Waals surface area contributed by atoms with Crippen LogP contribution in [0.3, 0.4) is 0 Å². The molecular formula is C38H23BrN2. The fourth-order valence-corrected chi connectivity index (χ4v) is 7.45. The third-order valence-electron chi connectivity index (χ3n) is 8.56. The van der Waals surface area contributed by atoms with Crippen LogP contribution in [-0.2, 0) is 0 Å². The normalized spacial score (nSPS) is 12.0. The molecule has 0 N–H and O–H groups in total. The van der Waals surface area contributed by atoms with E-state index in [1.54, 1.807) is 0 Å². The van der Waals surface area contributed by atoms with Gasteiger partial charge in [0.25, 0.3) is 0 Å². The molecule has 192 valence electrons. The number of benzene rings is 7. The topological polar surface area (TPSA) is 9.86 Å². The molecule has 7 aromatic carbocycles. The van der Waals surface area contributed by atoms with E-state index in [-0.39, 0.29) is 0 Å². The Morgan fingerprint density at radius 3 is 1.71 bits per heavy atom. The van der Waals surface area contributed by atoms with Crippen LogP contribution in [0, 0.1) is 0 Å². The van der Waals surface area contributed by atoms with Gasteiger partial charge < -0.3 is 9.13 Å². The number of fused-ring (bicyclic) bond motifs is 10. The Bertz CT molecular complexity index is 2500. The minimum Gasteiger partial charge on any atom is -0.308 e. The third kappa shape index (κ3) is 3.12. The molecule has 0 radical (unpaired) electrons. The van der Waals surface area contributed by atoms with Gasteiger partial charge in [-0.05, 0) is 62.4 Å². The molecule has 0 aliphatic rings. The average Bonchev–Trinajstić information content (AvgIpc) is 3.55. The molecule has 0 spiro atoms. The van der Waals surface area contributed by atoms with Crippen molar-refractivity contribution >= 4 is 81.1 Å². The number of aromatic nitrogens is 2. The first-order valence-corrected chi connectivity index (χ1v) is 14.7. The van der Waals surface area contributed by atoms with Crippen LogP contribution in [0.25, 0.3) is 76.5 Å². The maximum absolute atomic E-state index is 4.14. The fourth-order valence-electron chi connectivity index (χ4n) is 6.83. The third-order valence-corrected chi connectivity index (χ3v) is 9.37. The standard InChI is InChI=1S/C38H23BrN2/c39-37-34(40-32-17-8-6-15-30(32)36-26-12-3-1-10-24(26)21-23-33(36)40)18-9-19-35(37)41-31-16-7-5-14-28(31)29-22-20-25-11-2-4-13-27(25)38(29)41/h1-23H. The zero-order valence-corrected chi connectivity index (χ0v) is 23.6. The summed E-state index contributed by atoms with van der Waals surface area (Å²) < 4.78 is 5.91. The highest BCUT2D eigenvalue weighted by atomic mass is 79.9. The summed E-state index contributed by atoms with van der Waals surface area (Å²) in [6.07, 6.45) is 0. The summed E-state index contributed by atoms with van der Waals surface area (Å²) in [5.74, 6) is 0. The molecule has 2 nitrogen and oxygen atoms in total. The van der Waals surface area contributed by atoms with Gasteiger partial charge in [-0.1, -0.05) is 109 Å². The highest BCUT2D eigenvalue weighted by molar-refractivity contribution is 9.10. The van der Waals surface area contributed by atoms with Gasteiger partial charge in [0.2, 0.25) is 0 Å². The lowest BCUT2D eigenvalue weighted by Gasteiger charge is -2.16. The van der Waals surface area contributed by atoms with Gasteiger partial charge in [-0.15, -0.1) is 0 Å². The molecule has 0 aliphatic carbocycles. The van der Waals surface area contributed by atoms with E-state index >= 15 is 0 Å². The Hall–Kier alpha value is -4.86. The van der Waals surface area contributed by atoms with Crippen LogP contribution in [0.15, 0.2) is 144 Å². The second-order valence-corrected chi connectivity index (χ2v) is 11.5. The summed E-state index contributed by atoms with van der Waals surface area (Å²) in [4.78, 5) is 0. The van der Waals surface area contributed by atoms with Gasteiger partial charge >= 0.3 is 0 Å². The minimum absolute atomic E-state index is 1.06. The van der Waals surface area contributed by atoms with Crippen LogP contribution in [0.2, 0.25) is 0 Å². The first-order chi connectivity index (χ1) is 20.3. The number of rotatable bonds is 2. The van der Waals surface area contributed by atoms with E-state index < -0.39 is 0 Å². The molecular weight excluding hydrogens is 564 g/mol. The van der Waals surface area contributed by atoms with Crippen molar-refractivity contribution in [1.29, 1.82) is 0 Å². The molecule has 9 aromatic rings. The molecule has 0 saturated heterocycles. The summed E-state index contributed by atoms with van der Waals surface area (Å²) in [6.45, 7) is 0. The van der Waals surface area contributed by atoms with E-state index in [0.29, 0.717) is 0 Å². The van der Waals surface area contributed by atoms with Gasteiger partial charge in [-0.2, -0.15) is 0 Å². The van der Waals surface area contributed by atoms with Crippen LogP contribution in [0.1, 0.15) is 0 Å². The van der Waals surface area contributed by atoms with Crippen LogP contribution in [-0.4, -0.2) is 9.13 Å². The van der Waals surface area contributed by atoms with E-state index in [9.17, 15) is 0 Å². The monoisotopic (exact) mass is 586 g/mol. The lowest BCUT2D eigenvalue weighted by atomic mass is 10.0. The van der Waals surface area contributed by atoms with Gasteiger partial charge in [0, 0.05) is 26.9 Å². The van der Waals surface area contributed by atoms with Crippen LogP contribution < -0.4 is 0 Å². The smallest absolute Gasteiger partial charge is 0.0656 e. The van der Waals surface area contributed by atoms with Crippen molar-refractivity contribution in [3.05, 3.63) is 144 Å². The van der Waals surface area contributed by atoms with Crippen molar-refractivity contribution in [2.75, 3.05) is 0 Å². The molecule has 0 saturated carbocycles. The zero-order valence-electron chi connectivity index (χ0n) is 22.1. The van der Waals surface area contributed by atoms with Gasteiger partial charge in [-0.25, -0.2) is 0 Å². The Balaban J connectivity index is 1.42. The zero-order chi connectivity index (χ0) is 27.1. The molecule has 0 aliphatic heterocycles. The summed E-state index contributed by atoms with van der Waals surface area (Å²) >= 11 is 4.14. The summed E-state index contributed by atoms with van der Waals surface area (Å²) in [7, 11) is 0. The molecule has 0 fully saturated rings. The molecule has 0 unspecified atom stereocenters. The van der Waals surface area contributed by atoms with E-state index in [4.69, 9.17) is 0 Å². The molecule has 2 aromatic heterocycles. The second-order valence-electron chi connectivity index (χ2n) is 10.7. The van der Waals surface area contributed by atoms with Gasteiger partial charge in [0.05, 0.1) is 37.9 Å². The Labute approximate surface area is 244 Å². The van der Waals surface area contributed by atoms with Crippen molar-refractivity contribution in [2.24, 2.45) is 0 Å². The van der Waals surface area contributed by atoms with E-state index in [1.165, 1.54) is 65.2 Å². The first-order valence-electron chi connectivity index (χ1n) is 13.9. The fraction of sp³-hybridized carbons (Fsp3) is 0. The maximum Gasteiger partial charge on any atom is 0.0656 e. The molecule has 0 bridgehead atoms. The van der Waals surface area contributed by atoms with Gasteiger partial charge in [0.15, 0.2) is 0 Å². The average molecular weight is 588 g/mol. The number of halogens is 1. The van der Waals surface area contributed by atoms with Gasteiger partial charge in [-0.3, -0.25) is 0 Å². The van der Waals surface area contributed by atoms with Crippen LogP contribution in [0.4, 0.5) is 0 Å². The Kier molecular flexibility index (Phi) is 4.79. The molecule has 9 rings (SSSR count). The quantitative estimate of drug-likeness (QED) is 0.190. The van der Waals surface area contributed by atoms with E-state index in [2.05, 4.69) is 165 Å². The summed E-state index contributed by atoms with van der Waals surface area (Å²) in [6, 6.07) is 50.5. The highest BCUT2D eigenvalue weighted by Crippen LogP contribution is 2.42. The maximum atomic E-state index is 4.14. The van der Waals surface area contributed by atoms with Crippen molar-refractivity contribution in [3.63, 3.8) is 0 Å². The number of hydrogen-bond acceptors (Lipinski definition) is 0. The largest absolute Gasteiger partial charge is 0.308 e. The predicted molar refractivity (Wildman–Crippen MR) is 178 cm³/mol. The summed E-state index contributed by atoms with van der Waals surface area (Å²) in [5.41, 5.74) is 7.08. The molecule has 0 atom stereocenters. The molecule has 2 heterocycles. The predicted octanol–water partition coefficient (Wildman–Crippen LogP) is 10.9. The second kappa shape index (κ2) is 8.57. The van der Waals surface area contributed by atoms with Crippen LogP contribution >= 0.6 is 15.9 Å². The molecule has 41 heavy (non-hydrogen) atoms. The number of para-hydroxylation sites is 2. The molecule has 0 amide bonds. The van der Waals surface area contributed by atoms with Crippen molar-refractivity contribution in [1.82, 2.24) is 9.13 Å². The summed E-state index contributed by atoms with van der Waals surface area (Å²) in [5, 5.41) is 10.1. The number of hydrogen-bond donors (Lipinski definition) is 0. The SMILES string of the molecule is Brc1c(-n2c3ccccc3c3c4ccccc4ccc32)cccc1-n1c2ccccc2c2ccc3ccccc3c21. The van der Waals surface area contributed by atoms with Crippen molar-refractivity contribution in [2.45, 2.75) is 0 Å². The minimum atomic E-state index is 1.06. The highest BCUT2D eigenvalue weighted by Gasteiger charge is 2.20. The Morgan fingerprint density at radius 2 is 0.927 bits per heavy atom. The van der Waals surface area contributed by atoms with Crippen LogP contribution in [0.5, 0.6) is 0 Å². The number of nitrogens with zero attached hydrogens (tertiary/aromatic N) is 2. The first kappa shape index (κ1) is 22.9. The van der Waals surface area contributed by atoms with Gasteiger partial charge in [0.1, 0.15) is 0 Å². The van der Waals surface area contributed by atoms with Crippen molar-refractivity contribution in [3.8, 4) is 11.4 Å². The van der Waals surface area contributed by atoms with Crippen molar-refractivity contribution < 1.29 is 0 Å². The molecule has 3 heteroatoms. The lowest BCUT2D eigenvalue weighted by Crippen LogP contribution is -2.01. The Morgan fingerprint density at radius 1 is 0.366 bits per heavy atom. The van der Waals surface area contributed by atoms with E-state index in [0.717, 1.165) is 15.8 Å². The van der Waals surface area contributed by atoms with E-state index in [1.807, 2.05) is 0 Å². The lowest BCUT2D eigenvalue weighted by molar-refractivity contribution is 1.12.